The zero-order valence-electron chi connectivity index (χ0n) is 22.9. The van der Waals surface area contributed by atoms with Crippen molar-refractivity contribution in [1.29, 1.82) is 0 Å². The fourth-order valence-electron chi connectivity index (χ4n) is 6.71. The molecule has 4 heterocycles. The Morgan fingerprint density at radius 3 is 2.49 bits per heavy atom. The number of nitrogens with zero attached hydrogens (tertiary/aromatic N) is 3. The molecule has 2 amide bonds. The topological polar surface area (TPSA) is 99.7 Å². The number of pyridine rings is 1. The Morgan fingerprint density at radius 2 is 1.79 bits per heavy atom. The summed E-state index contributed by atoms with van der Waals surface area (Å²) in [5, 5.41) is 1.03. The van der Waals surface area contributed by atoms with Crippen LogP contribution < -0.4 is 10.5 Å². The number of carbonyl (C=O) groups is 2. The number of hydrogen-bond acceptors (Lipinski definition) is 5. The molecule has 2 unspecified atom stereocenters. The second kappa shape index (κ2) is 10.2. The van der Waals surface area contributed by atoms with E-state index in [-0.39, 0.29) is 23.8 Å². The molecule has 8 heteroatoms. The number of hydrogen-bond donors (Lipinski definition) is 1. The summed E-state index contributed by atoms with van der Waals surface area (Å²) in [4.78, 5) is 32.9. The van der Waals surface area contributed by atoms with E-state index in [0.29, 0.717) is 36.8 Å². The molecule has 1 aromatic carbocycles. The molecule has 2 fully saturated rings. The quantitative estimate of drug-likeness (QED) is 0.520. The van der Waals surface area contributed by atoms with Crippen molar-refractivity contribution in [2.75, 3.05) is 20.2 Å². The third-order valence-electron chi connectivity index (χ3n) is 8.37. The lowest BCUT2D eigenvalue weighted by Crippen LogP contribution is -2.48. The molecule has 2 aliphatic heterocycles. The molecule has 0 bridgehead atoms. The monoisotopic (exact) mass is 528 g/mol. The van der Waals surface area contributed by atoms with Crippen molar-refractivity contribution >= 4 is 28.9 Å². The van der Waals surface area contributed by atoms with Crippen LogP contribution in [-0.4, -0.2) is 58.7 Å². The van der Waals surface area contributed by atoms with Gasteiger partial charge in [0, 0.05) is 29.6 Å². The lowest BCUT2D eigenvalue weighted by Gasteiger charge is -2.35. The van der Waals surface area contributed by atoms with Crippen molar-refractivity contribution in [1.82, 2.24) is 14.5 Å². The molecule has 6 rings (SSSR count). The molecule has 0 radical (unpaired) electrons. The Bertz CT molecular complexity index is 1470. The average molecular weight is 529 g/mol. The Balaban J connectivity index is 1.58. The van der Waals surface area contributed by atoms with Crippen molar-refractivity contribution in [2.24, 2.45) is 5.73 Å². The van der Waals surface area contributed by atoms with Crippen LogP contribution in [0.2, 0.25) is 0 Å². The van der Waals surface area contributed by atoms with Gasteiger partial charge < -0.3 is 24.7 Å². The van der Waals surface area contributed by atoms with Gasteiger partial charge in [-0.1, -0.05) is 19.3 Å². The SMILES string of the molecule is COc1ccc2c(c1)C=C(C(=O)N1CC(C)OC(C)C1)Cn1c-2c(C2CCCCC2)c2ccc(C(N)=O)nc21. The lowest BCUT2D eigenvalue weighted by atomic mass is 9.81. The molecule has 39 heavy (non-hydrogen) atoms. The molecule has 1 aliphatic carbocycles. The van der Waals surface area contributed by atoms with E-state index in [1.54, 1.807) is 13.2 Å². The van der Waals surface area contributed by atoms with Crippen LogP contribution in [0.1, 0.15) is 73.5 Å². The number of benzene rings is 1. The third-order valence-corrected chi connectivity index (χ3v) is 8.37. The maximum atomic E-state index is 14.1. The van der Waals surface area contributed by atoms with E-state index in [1.165, 1.54) is 24.8 Å². The highest BCUT2D eigenvalue weighted by Crippen LogP contribution is 2.46. The number of methoxy groups -OCH3 is 1. The third kappa shape index (κ3) is 4.61. The van der Waals surface area contributed by atoms with Gasteiger partial charge in [0.2, 0.25) is 0 Å². The van der Waals surface area contributed by atoms with Crippen molar-refractivity contribution in [2.45, 2.75) is 70.6 Å². The van der Waals surface area contributed by atoms with E-state index in [4.69, 9.17) is 20.2 Å². The van der Waals surface area contributed by atoms with E-state index in [9.17, 15) is 9.59 Å². The molecule has 3 aliphatic rings. The van der Waals surface area contributed by atoms with Gasteiger partial charge in [-0.05, 0) is 80.1 Å². The molecule has 1 saturated carbocycles. The number of ether oxygens (including phenoxy) is 2. The van der Waals surface area contributed by atoms with Crippen molar-refractivity contribution in [3.8, 4) is 17.0 Å². The van der Waals surface area contributed by atoms with Gasteiger partial charge in [0.1, 0.15) is 17.1 Å². The maximum absolute atomic E-state index is 14.1. The predicted octanol–water partition coefficient (Wildman–Crippen LogP) is 4.89. The van der Waals surface area contributed by atoms with Crippen LogP contribution in [0.15, 0.2) is 35.9 Å². The first kappa shape index (κ1) is 25.6. The number of amides is 2. The van der Waals surface area contributed by atoms with Crippen LogP contribution >= 0.6 is 0 Å². The fourth-order valence-corrected chi connectivity index (χ4v) is 6.71. The first-order valence-corrected chi connectivity index (χ1v) is 14.0. The van der Waals surface area contributed by atoms with Gasteiger partial charge in [-0.3, -0.25) is 9.59 Å². The largest absolute Gasteiger partial charge is 0.497 e. The van der Waals surface area contributed by atoms with Crippen molar-refractivity contribution in [3.05, 3.63) is 52.7 Å². The lowest BCUT2D eigenvalue weighted by molar-refractivity contribution is -0.139. The van der Waals surface area contributed by atoms with E-state index < -0.39 is 5.91 Å². The zero-order valence-corrected chi connectivity index (χ0v) is 22.9. The highest BCUT2D eigenvalue weighted by atomic mass is 16.5. The molecule has 2 N–H and O–H groups in total. The van der Waals surface area contributed by atoms with E-state index in [2.05, 4.69) is 10.6 Å². The summed E-state index contributed by atoms with van der Waals surface area (Å²) < 4.78 is 13.6. The molecule has 1 saturated heterocycles. The molecule has 0 spiro atoms. The molecule has 204 valence electrons. The Hall–Kier alpha value is -3.65. The standard InChI is InChI=1S/C31H36N4O4/c1-18-15-34(16-19(2)39-18)31(37)22-13-21-14-23(38-3)9-10-24(21)28-27(20-7-5-4-6-8-20)25-11-12-26(29(32)36)33-30(25)35(28)17-22/h9-14,18-20H,4-8,15-17H2,1-3H3,(H2,32,36). The number of primary amides is 1. The van der Waals surface area contributed by atoms with Gasteiger partial charge in [-0.25, -0.2) is 4.98 Å². The van der Waals surface area contributed by atoms with E-state index in [0.717, 1.165) is 40.8 Å². The van der Waals surface area contributed by atoms with Crippen LogP contribution in [0.25, 0.3) is 28.4 Å². The number of rotatable bonds is 4. The minimum absolute atomic E-state index is 0.00857. The molecular weight excluding hydrogens is 492 g/mol. The number of nitrogens with two attached hydrogens (primary N) is 1. The van der Waals surface area contributed by atoms with Gasteiger partial charge in [-0.2, -0.15) is 0 Å². The maximum Gasteiger partial charge on any atom is 0.267 e. The minimum Gasteiger partial charge on any atom is -0.497 e. The summed E-state index contributed by atoms with van der Waals surface area (Å²) >= 11 is 0. The number of fused-ring (bicyclic) bond motifs is 5. The van der Waals surface area contributed by atoms with Crippen LogP contribution in [0.3, 0.4) is 0 Å². The van der Waals surface area contributed by atoms with Crippen LogP contribution in [0, 0.1) is 0 Å². The van der Waals surface area contributed by atoms with Crippen molar-refractivity contribution in [3.63, 3.8) is 0 Å². The number of morpholine rings is 1. The zero-order chi connectivity index (χ0) is 27.3. The normalized spacial score (nSPS) is 21.6. The van der Waals surface area contributed by atoms with Gasteiger partial charge >= 0.3 is 0 Å². The first-order chi connectivity index (χ1) is 18.8. The molecule has 2 atom stereocenters. The highest BCUT2D eigenvalue weighted by Gasteiger charge is 2.33. The van der Waals surface area contributed by atoms with Crippen LogP contribution in [0.4, 0.5) is 0 Å². The summed E-state index contributed by atoms with van der Waals surface area (Å²) in [6.45, 7) is 5.44. The summed E-state index contributed by atoms with van der Waals surface area (Å²) in [6, 6.07) is 9.79. The van der Waals surface area contributed by atoms with E-state index in [1.807, 2.05) is 43.0 Å². The summed E-state index contributed by atoms with van der Waals surface area (Å²) in [7, 11) is 1.66. The highest BCUT2D eigenvalue weighted by molar-refractivity contribution is 6.02. The second-order valence-corrected chi connectivity index (χ2v) is 11.2. The summed E-state index contributed by atoms with van der Waals surface area (Å²) in [5.41, 5.74) is 11.6. The van der Waals surface area contributed by atoms with Gasteiger partial charge in [-0.15, -0.1) is 0 Å². The summed E-state index contributed by atoms with van der Waals surface area (Å²) in [6.07, 6.45) is 7.79. The van der Waals surface area contributed by atoms with Crippen LogP contribution in [-0.2, 0) is 16.1 Å². The average Bonchev–Trinajstić information content (AvgIpc) is 3.14. The Kier molecular flexibility index (Phi) is 6.67. The fraction of sp³-hybridized carbons (Fsp3) is 0.452. The molecule has 8 nitrogen and oxygen atoms in total. The molecular formula is C31H36N4O4. The molecule has 2 aromatic heterocycles. The Labute approximate surface area is 228 Å². The summed E-state index contributed by atoms with van der Waals surface area (Å²) in [5.74, 6) is 0.550. The molecule has 3 aromatic rings. The minimum atomic E-state index is -0.562. The van der Waals surface area contributed by atoms with Gasteiger partial charge in [0.05, 0.1) is 31.6 Å². The second-order valence-electron chi connectivity index (χ2n) is 11.2. The number of aromatic nitrogens is 2. The van der Waals surface area contributed by atoms with Crippen LogP contribution in [0.5, 0.6) is 5.75 Å². The van der Waals surface area contributed by atoms with Gasteiger partial charge in [0.25, 0.3) is 11.8 Å². The smallest absolute Gasteiger partial charge is 0.267 e. The van der Waals surface area contributed by atoms with Crippen molar-refractivity contribution < 1.29 is 19.1 Å². The Morgan fingerprint density at radius 1 is 1.05 bits per heavy atom. The van der Waals surface area contributed by atoms with E-state index >= 15 is 0 Å². The number of carbonyl (C=O) groups excluding carboxylic acids is 2. The predicted molar refractivity (Wildman–Crippen MR) is 151 cm³/mol. The first-order valence-electron chi connectivity index (χ1n) is 14.0. The van der Waals surface area contributed by atoms with Gasteiger partial charge in [0.15, 0.2) is 0 Å².